The highest BCUT2D eigenvalue weighted by Crippen LogP contribution is 2.37. The summed E-state index contributed by atoms with van der Waals surface area (Å²) in [5, 5.41) is 0.401. The number of nitrogens with two attached hydrogens (primary N) is 1. The topological polar surface area (TPSA) is 98.8 Å². The Bertz CT molecular complexity index is 540. The van der Waals surface area contributed by atoms with Gasteiger partial charge in [0.25, 0.3) is 0 Å². The Morgan fingerprint density at radius 1 is 1.45 bits per heavy atom. The van der Waals surface area contributed by atoms with Gasteiger partial charge in [0.2, 0.25) is 0 Å². The monoisotopic (exact) mass is 318 g/mol. The van der Waals surface area contributed by atoms with Crippen molar-refractivity contribution in [3.8, 4) is 0 Å². The zero-order valence-electron chi connectivity index (χ0n) is 10.5. The summed E-state index contributed by atoms with van der Waals surface area (Å²) >= 11 is 6.10. The van der Waals surface area contributed by atoms with Crippen molar-refractivity contribution in [1.82, 2.24) is 0 Å². The van der Waals surface area contributed by atoms with Gasteiger partial charge in [0, 0.05) is 9.59 Å². The Hall–Kier alpha value is -0.880. The molecule has 1 fully saturated rings. The fraction of sp³-hybridized carbons (Fsp3) is 0.417. The lowest BCUT2D eigenvalue weighted by atomic mass is 9.75. The molecule has 0 aromatic heterocycles. The van der Waals surface area contributed by atoms with Crippen LogP contribution in [0.5, 0.6) is 0 Å². The van der Waals surface area contributed by atoms with Crippen molar-refractivity contribution >= 4 is 25.6 Å². The number of carbonyl (C=O) groups excluding carboxylic acids is 1. The molecule has 1 unspecified atom stereocenters. The molecule has 1 aliphatic carbocycles. The van der Waals surface area contributed by atoms with E-state index in [1.54, 1.807) is 24.3 Å². The van der Waals surface area contributed by atoms with Gasteiger partial charge in [-0.2, -0.15) is 4.89 Å². The first-order valence-corrected chi connectivity index (χ1v) is 7.54. The van der Waals surface area contributed by atoms with Crippen LogP contribution >= 0.6 is 19.9 Å². The van der Waals surface area contributed by atoms with E-state index in [-0.39, 0.29) is 0 Å². The molecule has 8 heteroatoms. The normalized spacial score (nSPS) is 27.4. The van der Waals surface area contributed by atoms with Gasteiger partial charge in [0.15, 0.2) is 11.9 Å². The van der Waals surface area contributed by atoms with E-state index in [1.165, 1.54) is 0 Å². The Labute approximate surface area is 121 Å². The molecule has 1 aliphatic rings. The minimum absolute atomic E-state index is 0.380. The average Bonchev–Trinajstić information content (AvgIpc) is 2.41. The summed E-state index contributed by atoms with van der Waals surface area (Å²) in [5.41, 5.74) is 5.47. The molecule has 0 saturated heterocycles. The second-order valence-corrected chi connectivity index (χ2v) is 5.64. The van der Waals surface area contributed by atoms with Gasteiger partial charge < -0.3 is 5.73 Å². The van der Waals surface area contributed by atoms with Crippen LogP contribution in [0.1, 0.15) is 24.8 Å². The Morgan fingerprint density at radius 3 is 2.80 bits per heavy atom. The number of rotatable bonds is 4. The number of hydrogen-bond donors (Lipinski definition) is 2. The SMILES string of the molecule is N[C@]1(c2ccccc2Cl)CCC[C@H](OO[P+](=O)O)C1=O. The third-order valence-corrected chi connectivity index (χ3v) is 3.89. The standard InChI is InChI=1S/C12H13ClNO5P/c13-9-5-2-1-4-8(9)12(14)7-3-6-10(11(12)15)18-19-20(16)17/h1-2,4-5,10H,3,6-7,14H2/p+1/t10-,12-/m0/s1. The minimum atomic E-state index is -2.93. The van der Waals surface area contributed by atoms with Crippen molar-refractivity contribution in [3.05, 3.63) is 34.9 Å². The average molecular weight is 319 g/mol. The van der Waals surface area contributed by atoms with E-state index in [9.17, 15) is 9.36 Å². The van der Waals surface area contributed by atoms with E-state index in [4.69, 9.17) is 27.1 Å². The molecular weight excluding hydrogens is 305 g/mol. The molecule has 2 rings (SSSR count). The predicted octanol–water partition coefficient (Wildman–Crippen LogP) is 2.21. The lowest BCUT2D eigenvalue weighted by molar-refractivity contribution is -0.246. The van der Waals surface area contributed by atoms with Gasteiger partial charge in [-0.1, -0.05) is 29.8 Å². The molecule has 0 amide bonds. The summed E-state index contributed by atoms with van der Waals surface area (Å²) in [5.74, 6) is -0.409. The molecule has 0 bridgehead atoms. The first kappa shape index (κ1) is 15.5. The van der Waals surface area contributed by atoms with E-state index >= 15 is 0 Å². The maximum atomic E-state index is 12.4. The molecule has 0 aliphatic heterocycles. The van der Waals surface area contributed by atoms with Crippen LogP contribution in [-0.4, -0.2) is 16.8 Å². The van der Waals surface area contributed by atoms with Crippen molar-refractivity contribution in [2.45, 2.75) is 30.9 Å². The predicted molar refractivity (Wildman–Crippen MR) is 72.0 cm³/mol. The second kappa shape index (κ2) is 6.26. The number of Topliss-reactive ketones (excluding diaryl/α,β-unsaturated/α-hetero) is 1. The summed E-state index contributed by atoms with van der Waals surface area (Å²) < 4.78 is 14.6. The van der Waals surface area contributed by atoms with Crippen LogP contribution in [0, 0.1) is 0 Å². The van der Waals surface area contributed by atoms with Crippen LogP contribution in [0.3, 0.4) is 0 Å². The summed E-state index contributed by atoms with van der Waals surface area (Å²) in [4.78, 5) is 25.7. The first-order chi connectivity index (χ1) is 9.45. The molecule has 6 nitrogen and oxygen atoms in total. The van der Waals surface area contributed by atoms with Crippen LogP contribution in [0.4, 0.5) is 0 Å². The Kier molecular flexibility index (Phi) is 4.86. The number of ketones is 1. The molecular formula is C12H14ClNO5P+. The number of benzene rings is 1. The summed E-state index contributed by atoms with van der Waals surface area (Å²) in [6.07, 6.45) is 0.451. The molecule has 0 heterocycles. The van der Waals surface area contributed by atoms with Crippen molar-refractivity contribution in [1.29, 1.82) is 0 Å². The highest BCUT2D eigenvalue weighted by molar-refractivity contribution is 7.31. The summed E-state index contributed by atoms with van der Waals surface area (Å²) in [7, 11) is -2.93. The summed E-state index contributed by atoms with van der Waals surface area (Å²) in [6.45, 7) is 0. The van der Waals surface area contributed by atoms with Crippen molar-refractivity contribution in [2.24, 2.45) is 5.73 Å². The molecule has 0 spiro atoms. The van der Waals surface area contributed by atoms with E-state index in [0.29, 0.717) is 29.8 Å². The lowest BCUT2D eigenvalue weighted by Gasteiger charge is -2.35. The lowest BCUT2D eigenvalue weighted by Crippen LogP contribution is -2.53. The second-order valence-electron chi connectivity index (χ2n) is 4.60. The maximum absolute atomic E-state index is 12.4. The highest BCUT2D eigenvalue weighted by Gasteiger charge is 2.46. The quantitative estimate of drug-likeness (QED) is 0.501. The molecule has 1 saturated carbocycles. The molecule has 1 aromatic carbocycles. The van der Waals surface area contributed by atoms with Gasteiger partial charge in [0.05, 0.1) is 4.67 Å². The zero-order chi connectivity index (χ0) is 14.8. The highest BCUT2D eigenvalue weighted by atomic mass is 35.5. The third-order valence-electron chi connectivity index (χ3n) is 3.35. The van der Waals surface area contributed by atoms with Crippen molar-refractivity contribution in [3.63, 3.8) is 0 Å². The van der Waals surface area contributed by atoms with Gasteiger partial charge in [-0.3, -0.25) is 4.79 Å². The van der Waals surface area contributed by atoms with Crippen LogP contribution in [0.25, 0.3) is 0 Å². The van der Waals surface area contributed by atoms with Gasteiger partial charge in [-0.05, 0) is 30.9 Å². The molecule has 0 radical (unpaired) electrons. The Balaban J connectivity index is 2.25. The summed E-state index contributed by atoms with van der Waals surface area (Å²) in [6, 6.07) is 6.84. The maximum Gasteiger partial charge on any atom is 0.726 e. The van der Waals surface area contributed by atoms with Crippen LogP contribution in [0.15, 0.2) is 24.3 Å². The zero-order valence-corrected chi connectivity index (χ0v) is 12.1. The van der Waals surface area contributed by atoms with E-state index in [2.05, 4.69) is 4.67 Å². The van der Waals surface area contributed by atoms with Crippen LogP contribution in [0.2, 0.25) is 5.02 Å². The molecule has 20 heavy (non-hydrogen) atoms. The van der Waals surface area contributed by atoms with E-state index in [1.807, 2.05) is 0 Å². The largest absolute Gasteiger partial charge is 0.726 e. The molecule has 3 N–H and O–H groups in total. The fourth-order valence-electron chi connectivity index (χ4n) is 2.38. The van der Waals surface area contributed by atoms with Crippen LogP contribution < -0.4 is 5.73 Å². The van der Waals surface area contributed by atoms with Gasteiger partial charge in [0.1, 0.15) is 5.54 Å². The third kappa shape index (κ3) is 3.06. The van der Waals surface area contributed by atoms with Crippen molar-refractivity contribution in [2.75, 3.05) is 0 Å². The first-order valence-electron chi connectivity index (χ1n) is 6.03. The van der Waals surface area contributed by atoms with E-state index < -0.39 is 25.7 Å². The smallest absolute Gasteiger partial charge is 0.315 e. The number of halogens is 1. The van der Waals surface area contributed by atoms with Crippen LogP contribution in [-0.2, 0) is 24.5 Å². The number of hydrogen-bond acceptors (Lipinski definition) is 5. The fourth-order valence-corrected chi connectivity index (χ4v) is 2.86. The molecule has 108 valence electrons. The van der Waals surface area contributed by atoms with Gasteiger partial charge in [-0.25, -0.2) is 0 Å². The Morgan fingerprint density at radius 2 is 2.15 bits per heavy atom. The van der Waals surface area contributed by atoms with Gasteiger partial charge in [-0.15, -0.1) is 4.89 Å². The van der Waals surface area contributed by atoms with E-state index in [0.717, 1.165) is 0 Å². The minimum Gasteiger partial charge on any atom is -0.315 e. The number of carbonyl (C=O) groups is 1. The van der Waals surface area contributed by atoms with Gasteiger partial charge >= 0.3 is 8.25 Å². The molecule has 3 atom stereocenters. The molecule has 1 aromatic rings. The van der Waals surface area contributed by atoms with Crippen molar-refractivity contribution < 1.29 is 23.8 Å².